The smallest absolute Gasteiger partial charge is 0.119 e. The van der Waals surface area contributed by atoms with E-state index in [0.717, 1.165) is 56.8 Å². The van der Waals surface area contributed by atoms with Crippen molar-refractivity contribution in [2.75, 3.05) is 19.8 Å². The first-order valence-electron chi connectivity index (χ1n) is 10.9. The molecule has 3 nitrogen and oxygen atoms in total. The molecule has 2 rings (SSSR count). The highest BCUT2D eigenvalue weighted by Crippen LogP contribution is 2.25. The van der Waals surface area contributed by atoms with Crippen molar-refractivity contribution in [3.8, 4) is 22.6 Å². The zero-order valence-corrected chi connectivity index (χ0v) is 17.4. The maximum Gasteiger partial charge on any atom is 0.119 e. The van der Waals surface area contributed by atoms with E-state index in [1.165, 1.54) is 36.8 Å². The Morgan fingerprint density at radius 1 is 0.571 bits per heavy atom. The summed E-state index contributed by atoms with van der Waals surface area (Å²) in [7, 11) is 0. The average molecular weight is 385 g/mol. The molecule has 154 valence electrons. The van der Waals surface area contributed by atoms with Crippen LogP contribution >= 0.6 is 0 Å². The van der Waals surface area contributed by atoms with Crippen LogP contribution in [0.25, 0.3) is 11.1 Å². The second-order valence-electron chi connectivity index (χ2n) is 7.30. The lowest BCUT2D eigenvalue weighted by Crippen LogP contribution is -1.97. The van der Waals surface area contributed by atoms with Crippen molar-refractivity contribution in [1.82, 2.24) is 0 Å². The fraction of sp³-hybridized carbons (Fsp3) is 0.520. The van der Waals surface area contributed by atoms with Crippen molar-refractivity contribution in [3.05, 3.63) is 48.5 Å². The van der Waals surface area contributed by atoms with E-state index in [2.05, 4.69) is 43.3 Å². The van der Waals surface area contributed by atoms with Gasteiger partial charge in [0.25, 0.3) is 0 Å². The Morgan fingerprint density at radius 3 is 1.43 bits per heavy atom. The van der Waals surface area contributed by atoms with E-state index in [1.54, 1.807) is 0 Å². The summed E-state index contributed by atoms with van der Waals surface area (Å²) in [6.07, 6.45) is 10.4. The van der Waals surface area contributed by atoms with Crippen LogP contribution in [0.2, 0.25) is 0 Å². The molecule has 0 saturated carbocycles. The van der Waals surface area contributed by atoms with Crippen LogP contribution < -0.4 is 9.47 Å². The molecule has 0 aliphatic rings. The minimum absolute atomic E-state index is 0.286. The minimum Gasteiger partial charge on any atom is -0.494 e. The molecule has 0 atom stereocenters. The summed E-state index contributed by atoms with van der Waals surface area (Å²) < 4.78 is 11.6. The Hall–Kier alpha value is -2.00. The lowest BCUT2D eigenvalue weighted by molar-refractivity contribution is 0.273. The van der Waals surface area contributed by atoms with Gasteiger partial charge in [-0.25, -0.2) is 0 Å². The van der Waals surface area contributed by atoms with E-state index >= 15 is 0 Å². The van der Waals surface area contributed by atoms with Gasteiger partial charge in [-0.3, -0.25) is 0 Å². The number of ether oxygens (including phenoxy) is 2. The highest BCUT2D eigenvalue weighted by molar-refractivity contribution is 5.64. The van der Waals surface area contributed by atoms with E-state index in [-0.39, 0.29) is 6.61 Å². The Balaban J connectivity index is 1.71. The topological polar surface area (TPSA) is 38.7 Å². The number of unbranched alkanes of at least 4 members (excludes halogenated alkanes) is 7. The zero-order chi connectivity index (χ0) is 19.9. The lowest BCUT2D eigenvalue weighted by atomic mass is 10.1. The molecule has 0 aliphatic heterocycles. The van der Waals surface area contributed by atoms with Gasteiger partial charge in [-0.05, 0) is 61.1 Å². The molecule has 0 heterocycles. The van der Waals surface area contributed by atoms with Gasteiger partial charge >= 0.3 is 0 Å². The molecule has 0 unspecified atom stereocenters. The number of rotatable bonds is 15. The summed E-state index contributed by atoms with van der Waals surface area (Å²) >= 11 is 0. The third kappa shape index (κ3) is 8.79. The quantitative estimate of drug-likeness (QED) is 0.350. The number of aliphatic hydroxyl groups excluding tert-OH is 1. The maximum absolute atomic E-state index is 8.77. The van der Waals surface area contributed by atoms with E-state index in [4.69, 9.17) is 14.6 Å². The van der Waals surface area contributed by atoms with Gasteiger partial charge in [0.1, 0.15) is 11.5 Å². The standard InChI is InChI=1S/C25H36O3/c1-2-3-4-6-9-20-27-24-15-11-22(12-16-24)23-13-17-25(18-14-23)28-21-10-7-5-8-19-26/h11-18,26H,2-10,19-21H2,1H3. The second kappa shape index (κ2) is 14.1. The maximum atomic E-state index is 8.77. The predicted octanol–water partition coefficient (Wildman–Crippen LogP) is 6.63. The molecule has 0 aromatic heterocycles. The molecule has 1 N–H and O–H groups in total. The van der Waals surface area contributed by atoms with Crippen LogP contribution in [0.1, 0.15) is 64.7 Å². The van der Waals surface area contributed by atoms with E-state index < -0.39 is 0 Å². The van der Waals surface area contributed by atoms with Crippen molar-refractivity contribution in [3.63, 3.8) is 0 Å². The molecule has 2 aromatic carbocycles. The summed E-state index contributed by atoms with van der Waals surface area (Å²) in [6.45, 7) is 4.06. The fourth-order valence-electron chi connectivity index (χ4n) is 3.14. The van der Waals surface area contributed by atoms with Gasteiger partial charge in [-0.15, -0.1) is 0 Å². The van der Waals surface area contributed by atoms with Gasteiger partial charge in [0, 0.05) is 6.61 Å². The minimum atomic E-state index is 0.286. The zero-order valence-electron chi connectivity index (χ0n) is 17.4. The molecular weight excluding hydrogens is 348 g/mol. The number of hydrogen-bond donors (Lipinski definition) is 1. The second-order valence-corrected chi connectivity index (χ2v) is 7.30. The van der Waals surface area contributed by atoms with Gasteiger partial charge in [0.15, 0.2) is 0 Å². The summed E-state index contributed by atoms with van der Waals surface area (Å²) in [4.78, 5) is 0. The summed E-state index contributed by atoms with van der Waals surface area (Å²) in [6, 6.07) is 16.6. The van der Waals surface area contributed by atoms with Crippen molar-refractivity contribution in [1.29, 1.82) is 0 Å². The Morgan fingerprint density at radius 2 is 1.00 bits per heavy atom. The monoisotopic (exact) mass is 384 g/mol. The molecule has 2 aromatic rings. The van der Waals surface area contributed by atoms with Gasteiger partial charge in [-0.1, -0.05) is 63.3 Å². The van der Waals surface area contributed by atoms with Crippen LogP contribution in [-0.2, 0) is 0 Å². The lowest BCUT2D eigenvalue weighted by Gasteiger charge is -2.09. The van der Waals surface area contributed by atoms with Gasteiger partial charge in [0.2, 0.25) is 0 Å². The molecule has 0 saturated heterocycles. The van der Waals surface area contributed by atoms with Crippen molar-refractivity contribution >= 4 is 0 Å². The summed E-state index contributed by atoms with van der Waals surface area (Å²) in [5.41, 5.74) is 2.37. The van der Waals surface area contributed by atoms with Crippen molar-refractivity contribution < 1.29 is 14.6 Å². The van der Waals surface area contributed by atoms with Crippen molar-refractivity contribution in [2.45, 2.75) is 64.7 Å². The van der Waals surface area contributed by atoms with Gasteiger partial charge in [0.05, 0.1) is 13.2 Å². The number of hydrogen-bond acceptors (Lipinski definition) is 3. The molecule has 0 amide bonds. The van der Waals surface area contributed by atoms with Gasteiger partial charge < -0.3 is 14.6 Å². The summed E-state index contributed by atoms with van der Waals surface area (Å²) in [5, 5.41) is 8.77. The fourth-order valence-corrected chi connectivity index (χ4v) is 3.14. The van der Waals surface area contributed by atoms with Gasteiger partial charge in [-0.2, -0.15) is 0 Å². The Bertz CT molecular complexity index is 562. The Labute approximate surface area is 170 Å². The number of aliphatic hydroxyl groups is 1. The Kier molecular flexibility index (Phi) is 11.2. The summed E-state index contributed by atoms with van der Waals surface area (Å²) in [5.74, 6) is 1.86. The third-order valence-corrected chi connectivity index (χ3v) is 4.88. The molecule has 0 aliphatic carbocycles. The first-order valence-corrected chi connectivity index (χ1v) is 10.9. The van der Waals surface area contributed by atoms with E-state index in [0.29, 0.717) is 0 Å². The molecular formula is C25H36O3. The third-order valence-electron chi connectivity index (χ3n) is 4.88. The number of benzene rings is 2. The molecule has 0 bridgehead atoms. The molecule has 0 spiro atoms. The van der Waals surface area contributed by atoms with Crippen molar-refractivity contribution in [2.24, 2.45) is 0 Å². The highest BCUT2D eigenvalue weighted by Gasteiger charge is 2.01. The SMILES string of the molecule is CCCCCCCOc1ccc(-c2ccc(OCCCCCCO)cc2)cc1. The highest BCUT2D eigenvalue weighted by atomic mass is 16.5. The molecule has 0 radical (unpaired) electrons. The van der Waals surface area contributed by atoms with Crippen LogP contribution in [0.3, 0.4) is 0 Å². The van der Waals surface area contributed by atoms with Crippen LogP contribution in [0.4, 0.5) is 0 Å². The molecule has 3 heteroatoms. The molecule has 28 heavy (non-hydrogen) atoms. The van der Waals surface area contributed by atoms with E-state index in [1.807, 2.05) is 12.1 Å². The van der Waals surface area contributed by atoms with E-state index in [9.17, 15) is 0 Å². The normalized spacial score (nSPS) is 10.8. The first-order chi connectivity index (χ1) is 13.8. The predicted molar refractivity (Wildman–Crippen MR) is 117 cm³/mol. The van der Waals surface area contributed by atoms with Crippen LogP contribution in [0, 0.1) is 0 Å². The first kappa shape index (κ1) is 22.3. The molecule has 0 fully saturated rings. The average Bonchev–Trinajstić information content (AvgIpc) is 2.74. The largest absolute Gasteiger partial charge is 0.494 e. The van der Waals surface area contributed by atoms with Crippen LogP contribution in [-0.4, -0.2) is 24.9 Å². The van der Waals surface area contributed by atoms with Crippen LogP contribution in [0.15, 0.2) is 48.5 Å². The van der Waals surface area contributed by atoms with Crippen LogP contribution in [0.5, 0.6) is 11.5 Å².